The van der Waals surface area contributed by atoms with E-state index in [1.807, 2.05) is 25.8 Å². The van der Waals surface area contributed by atoms with Crippen molar-refractivity contribution in [2.45, 2.75) is 39.4 Å². The minimum absolute atomic E-state index is 0.0704. The van der Waals surface area contributed by atoms with Crippen LogP contribution >= 0.6 is 0 Å². The molecule has 0 aliphatic carbocycles. The monoisotopic (exact) mass is 320 g/mol. The molecule has 23 heavy (non-hydrogen) atoms. The van der Waals surface area contributed by atoms with Crippen molar-refractivity contribution in [1.29, 1.82) is 0 Å². The molecule has 8 nitrogen and oxygen atoms in total. The summed E-state index contributed by atoms with van der Waals surface area (Å²) in [6.45, 7) is 7.26. The molecular weight excluding hydrogens is 296 g/mol. The van der Waals surface area contributed by atoms with Crippen LogP contribution in [0.3, 0.4) is 0 Å². The van der Waals surface area contributed by atoms with Gasteiger partial charge in [0.1, 0.15) is 5.69 Å². The number of aryl methyl sites for hydroxylation is 2. The van der Waals surface area contributed by atoms with Crippen molar-refractivity contribution in [3.8, 4) is 0 Å². The van der Waals surface area contributed by atoms with Crippen LogP contribution in [0.15, 0.2) is 0 Å². The summed E-state index contributed by atoms with van der Waals surface area (Å²) in [5.74, 6) is -0.231. The lowest BCUT2D eigenvalue weighted by atomic mass is 10.1. The van der Waals surface area contributed by atoms with Crippen LogP contribution in [0.1, 0.15) is 24.7 Å². The van der Waals surface area contributed by atoms with E-state index in [4.69, 9.17) is 0 Å². The molecule has 1 aromatic heterocycles. The first-order valence-electron chi connectivity index (χ1n) is 8.14. The smallest absolute Gasteiger partial charge is 0.225 e. The van der Waals surface area contributed by atoms with Crippen LogP contribution in [0, 0.1) is 12.8 Å². The molecule has 2 aliphatic rings. The molecule has 0 spiro atoms. The fourth-order valence-corrected chi connectivity index (χ4v) is 3.21. The average Bonchev–Trinajstić information content (AvgIpc) is 3.04. The Labute approximate surface area is 135 Å². The lowest BCUT2D eigenvalue weighted by molar-refractivity contribution is -0.132. The summed E-state index contributed by atoms with van der Waals surface area (Å²) in [5, 5.41) is 11.5. The fourth-order valence-electron chi connectivity index (χ4n) is 3.21. The molecule has 1 atom stereocenters. The summed E-state index contributed by atoms with van der Waals surface area (Å²) in [6.07, 6.45) is 0.312. The Bertz CT molecular complexity index is 607. The van der Waals surface area contributed by atoms with Gasteiger partial charge in [-0.2, -0.15) is 15.0 Å². The van der Waals surface area contributed by atoms with E-state index < -0.39 is 0 Å². The number of nitrogens with zero attached hydrogens (tertiary/aromatic N) is 5. The summed E-state index contributed by atoms with van der Waals surface area (Å²) in [6, 6.07) is 0.275. The van der Waals surface area contributed by atoms with E-state index in [2.05, 4.69) is 20.4 Å². The molecule has 2 aliphatic heterocycles. The van der Waals surface area contributed by atoms with Crippen LogP contribution in [0.5, 0.6) is 0 Å². The van der Waals surface area contributed by atoms with Crippen LogP contribution in [0.25, 0.3) is 0 Å². The van der Waals surface area contributed by atoms with Gasteiger partial charge in [-0.15, -0.1) is 0 Å². The Morgan fingerprint density at radius 2 is 2.04 bits per heavy atom. The van der Waals surface area contributed by atoms with Gasteiger partial charge >= 0.3 is 0 Å². The highest BCUT2D eigenvalue weighted by Gasteiger charge is 2.41. The predicted octanol–water partition coefficient (Wildman–Crippen LogP) is -0.615. The number of likely N-dealkylation sites (tertiary alicyclic amines) is 2. The van der Waals surface area contributed by atoms with Gasteiger partial charge in [-0.25, -0.2) is 0 Å². The normalized spacial score (nSPS) is 22.5. The second-order valence-electron chi connectivity index (χ2n) is 6.46. The zero-order valence-corrected chi connectivity index (χ0v) is 13.9. The first-order chi connectivity index (χ1) is 11.0. The van der Waals surface area contributed by atoms with E-state index in [9.17, 15) is 9.59 Å². The van der Waals surface area contributed by atoms with Crippen molar-refractivity contribution < 1.29 is 9.59 Å². The van der Waals surface area contributed by atoms with E-state index in [1.54, 1.807) is 4.80 Å². The standard InChI is InChI=1S/C15H24N6O2/c1-4-21-17-10(2)13(18-21)6-16-15(23)11-5-14(22)20(7-11)12-8-19(3)9-12/h11-12H,4-9H2,1-3H3,(H,16,23). The van der Waals surface area contributed by atoms with Gasteiger partial charge in [-0.3, -0.25) is 9.59 Å². The largest absolute Gasteiger partial charge is 0.350 e. The van der Waals surface area contributed by atoms with Crippen LogP contribution in [0.4, 0.5) is 0 Å². The maximum atomic E-state index is 12.3. The van der Waals surface area contributed by atoms with Crippen molar-refractivity contribution >= 4 is 11.8 Å². The van der Waals surface area contributed by atoms with Gasteiger partial charge in [0.25, 0.3) is 0 Å². The van der Waals surface area contributed by atoms with Crippen LogP contribution in [-0.4, -0.2) is 69.3 Å². The number of nitrogens with one attached hydrogen (secondary N) is 1. The summed E-state index contributed by atoms with van der Waals surface area (Å²) >= 11 is 0. The molecule has 1 N–H and O–H groups in total. The Morgan fingerprint density at radius 3 is 2.65 bits per heavy atom. The number of carbonyl (C=O) groups excluding carboxylic acids is 2. The van der Waals surface area contributed by atoms with Crippen LogP contribution < -0.4 is 5.32 Å². The highest BCUT2D eigenvalue weighted by atomic mass is 16.2. The summed E-state index contributed by atoms with van der Waals surface area (Å²) in [4.78, 5) is 30.1. The Balaban J connectivity index is 1.52. The molecule has 1 unspecified atom stereocenters. The molecule has 0 bridgehead atoms. The van der Waals surface area contributed by atoms with Gasteiger partial charge in [-0.05, 0) is 20.9 Å². The van der Waals surface area contributed by atoms with E-state index in [0.29, 0.717) is 26.1 Å². The predicted molar refractivity (Wildman–Crippen MR) is 83.4 cm³/mol. The third-order valence-corrected chi connectivity index (χ3v) is 4.65. The van der Waals surface area contributed by atoms with E-state index >= 15 is 0 Å². The highest BCUT2D eigenvalue weighted by molar-refractivity contribution is 5.89. The molecule has 3 heterocycles. The van der Waals surface area contributed by atoms with E-state index in [-0.39, 0.29) is 23.8 Å². The third kappa shape index (κ3) is 3.21. The molecule has 1 aromatic rings. The van der Waals surface area contributed by atoms with Gasteiger partial charge in [-0.1, -0.05) is 0 Å². The molecular formula is C15H24N6O2. The Kier molecular flexibility index (Phi) is 4.34. The number of hydrogen-bond donors (Lipinski definition) is 1. The highest BCUT2D eigenvalue weighted by Crippen LogP contribution is 2.24. The number of aromatic nitrogens is 3. The molecule has 0 aromatic carbocycles. The van der Waals surface area contributed by atoms with Crippen molar-refractivity contribution in [2.24, 2.45) is 5.92 Å². The molecule has 3 rings (SSSR count). The molecule has 2 amide bonds. The van der Waals surface area contributed by atoms with Gasteiger partial charge in [0.2, 0.25) is 11.8 Å². The molecule has 2 fully saturated rings. The Morgan fingerprint density at radius 1 is 1.30 bits per heavy atom. The van der Waals surface area contributed by atoms with Gasteiger partial charge in [0.05, 0.1) is 30.7 Å². The molecule has 8 heteroatoms. The maximum Gasteiger partial charge on any atom is 0.225 e. The van der Waals surface area contributed by atoms with Gasteiger partial charge < -0.3 is 15.1 Å². The van der Waals surface area contributed by atoms with Crippen LogP contribution in [-0.2, 0) is 22.7 Å². The SMILES string of the molecule is CCn1nc(C)c(CNC(=O)C2CC(=O)N(C3CN(C)C3)C2)n1. The zero-order chi connectivity index (χ0) is 16.6. The first-order valence-corrected chi connectivity index (χ1v) is 8.14. The fraction of sp³-hybridized carbons (Fsp3) is 0.733. The number of likely N-dealkylation sites (N-methyl/N-ethyl adjacent to an activating group) is 1. The second-order valence-corrected chi connectivity index (χ2v) is 6.46. The van der Waals surface area contributed by atoms with Crippen LogP contribution in [0.2, 0.25) is 0 Å². The van der Waals surface area contributed by atoms with Crippen molar-refractivity contribution in [3.05, 3.63) is 11.4 Å². The summed E-state index contributed by atoms with van der Waals surface area (Å²) < 4.78 is 0. The molecule has 2 saturated heterocycles. The number of hydrogen-bond acceptors (Lipinski definition) is 5. The topological polar surface area (TPSA) is 83.4 Å². The van der Waals surface area contributed by atoms with Gasteiger partial charge in [0, 0.05) is 26.1 Å². The second kappa shape index (κ2) is 6.27. The van der Waals surface area contributed by atoms with Gasteiger partial charge in [0.15, 0.2) is 0 Å². The van der Waals surface area contributed by atoms with E-state index in [1.165, 1.54) is 0 Å². The number of rotatable bonds is 5. The zero-order valence-electron chi connectivity index (χ0n) is 13.9. The number of carbonyl (C=O) groups is 2. The molecule has 0 radical (unpaired) electrons. The minimum Gasteiger partial charge on any atom is -0.350 e. The summed E-state index contributed by atoms with van der Waals surface area (Å²) in [7, 11) is 2.03. The maximum absolute atomic E-state index is 12.3. The third-order valence-electron chi connectivity index (χ3n) is 4.65. The minimum atomic E-state index is -0.255. The molecule has 126 valence electrons. The van der Waals surface area contributed by atoms with Crippen molar-refractivity contribution in [3.63, 3.8) is 0 Å². The van der Waals surface area contributed by atoms with E-state index in [0.717, 1.165) is 24.5 Å². The van der Waals surface area contributed by atoms with Crippen molar-refractivity contribution in [1.82, 2.24) is 30.1 Å². The van der Waals surface area contributed by atoms with Crippen molar-refractivity contribution in [2.75, 3.05) is 26.7 Å². The Hall–Kier alpha value is -1.96. The quantitative estimate of drug-likeness (QED) is 0.782. The first kappa shape index (κ1) is 15.9. The summed E-state index contributed by atoms with van der Waals surface area (Å²) in [5.41, 5.74) is 1.61. The lowest BCUT2D eigenvalue weighted by Gasteiger charge is -2.42. The lowest BCUT2D eigenvalue weighted by Crippen LogP contribution is -2.58. The molecule has 0 saturated carbocycles. The number of amides is 2. The average molecular weight is 320 g/mol.